The highest BCUT2D eigenvalue weighted by Crippen LogP contribution is 2.27. The molecule has 0 fully saturated rings. The fraction of sp³-hybridized carbons (Fsp3) is 0.412. The number of benzene rings is 1. The summed E-state index contributed by atoms with van der Waals surface area (Å²) in [6.07, 6.45) is 0. The fourth-order valence-electron chi connectivity index (χ4n) is 2.19. The fourth-order valence-corrected chi connectivity index (χ4v) is 2.31. The molecule has 0 heterocycles. The molecular formula is C17H19ClN2O3. The number of ketones is 1. The van der Waals surface area contributed by atoms with Crippen LogP contribution in [-0.4, -0.2) is 24.1 Å². The standard InChI is InChI=1S/C17H19ClN2O3/c1-10(2)16(12-4-6-13(18)7-5-12)17(22)23-9-15(21)14(8-19)11(3)20/h4-7,10,14,16,20H,9H2,1-3H3/t14-,16-/m0/s1. The molecule has 0 aliphatic rings. The smallest absolute Gasteiger partial charge is 0.314 e. The first-order valence-electron chi connectivity index (χ1n) is 7.17. The minimum atomic E-state index is -1.17. The Hall–Kier alpha value is -2.19. The highest BCUT2D eigenvalue weighted by atomic mass is 35.5. The second-order valence-corrected chi connectivity index (χ2v) is 6.03. The number of halogens is 1. The van der Waals surface area contributed by atoms with Crippen molar-refractivity contribution in [2.45, 2.75) is 26.7 Å². The van der Waals surface area contributed by atoms with Gasteiger partial charge in [0.2, 0.25) is 0 Å². The van der Waals surface area contributed by atoms with E-state index in [0.29, 0.717) is 5.02 Å². The second kappa shape index (κ2) is 8.44. The minimum Gasteiger partial charge on any atom is -0.457 e. The van der Waals surface area contributed by atoms with Crippen LogP contribution in [0.3, 0.4) is 0 Å². The topological polar surface area (TPSA) is 91.0 Å². The van der Waals surface area contributed by atoms with E-state index < -0.39 is 30.2 Å². The summed E-state index contributed by atoms with van der Waals surface area (Å²) in [6, 6.07) is 8.61. The van der Waals surface area contributed by atoms with E-state index in [1.165, 1.54) is 6.92 Å². The monoisotopic (exact) mass is 334 g/mol. The average Bonchev–Trinajstić information content (AvgIpc) is 2.47. The Morgan fingerprint density at radius 1 is 1.30 bits per heavy atom. The van der Waals surface area contributed by atoms with Crippen LogP contribution in [0.2, 0.25) is 5.02 Å². The molecule has 0 unspecified atom stereocenters. The molecule has 1 N–H and O–H groups in total. The lowest BCUT2D eigenvalue weighted by Crippen LogP contribution is -2.28. The number of hydrogen-bond donors (Lipinski definition) is 1. The number of nitrogens with zero attached hydrogens (tertiary/aromatic N) is 1. The lowest BCUT2D eigenvalue weighted by atomic mass is 9.88. The van der Waals surface area contributed by atoms with Gasteiger partial charge in [-0.05, 0) is 30.5 Å². The molecule has 0 saturated heterocycles. The number of nitriles is 1. The van der Waals surface area contributed by atoms with Crippen molar-refractivity contribution < 1.29 is 14.3 Å². The Bertz CT molecular complexity index is 632. The van der Waals surface area contributed by atoms with E-state index in [9.17, 15) is 9.59 Å². The Labute approximate surface area is 140 Å². The predicted molar refractivity (Wildman–Crippen MR) is 87.5 cm³/mol. The van der Waals surface area contributed by atoms with E-state index in [1.807, 2.05) is 13.8 Å². The normalized spacial score (nSPS) is 13.0. The second-order valence-electron chi connectivity index (χ2n) is 5.59. The zero-order chi connectivity index (χ0) is 17.6. The molecule has 122 valence electrons. The van der Waals surface area contributed by atoms with Gasteiger partial charge in [0, 0.05) is 10.7 Å². The number of rotatable bonds is 7. The van der Waals surface area contributed by atoms with Crippen LogP contribution >= 0.6 is 11.6 Å². The van der Waals surface area contributed by atoms with Gasteiger partial charge in [0.05, 0.1) is 12.0 Å². The molecule has 0 aromatic heterocycles. The van der Waals surface area contributed by atoms with Crippen molar-refractivity contribution >= 4 is 29.1 Å². The first-order chi connectivity index (χ1) is 10.8. The summed E-state index contributed by atoms with van der Waals surface area (Å²) in [5.74, 6) is -2.85. The summed E-state index contributed by atoms with van der Waals surface area (Å²) in [4.78, 5) is 24.1. The van der Waals surface area contributed by atoms with Gasteiger partial charge in [-0.15, -0.1) is 0 Å². The van der Waals surface area contributed by atoms with Crippen LogP contribution in [0.1, 0.15) is 32.3 Å². The van der Waals surface area contributed by atoms with Crippen molar-refractivity contribution in [3.63, 3.8) is 0 Å². The number of hydrogen-bond acceptors (Lipinski definition) is 5. The Balaban J connectivity index is 2.81. The molecule has 0 amide bonds. The maximum atomic E-state index is 12.3. The predicted octanol–water partition coefficient (Wildman–Crippen LogP) is 3.37. The van der Waals surface area contributed by atoms with Crippen molar-refractivity contribution in [2.75, 3.05) is 6.61 Å². The van der Waals surface area contributed by atoms with E-state index in [1.54, 1.807) is 30.3 Å². The van der Waals surface area contributed by atoms with Crippen LogP contribution in [0.5, 0.6) is 0 Å². The first kappa shape index (κ1) is 18.9. The van der Waals surface area contributed by atoms with Crippen molar-refractivity contribution in [2.24, 2.45) is 11.8 Å². The summed E-state index contributed by atoms with van der Waals surface area (Å²) in [6.45, 7) is 4.62. The highest BCUT2D eigenvalue weighted by molar-refractivity contribution is 6.30. The third-order valence-corrected chi connectivity index (χ3v) is 3.64. The largest absolute Gasteiger partial charge is 0.457 e. The van der Waals surface area contributed by atoms with Crippen LogP contribution in [0, 0.1) is 28.6 Å². The maximum absolute atomic E-state index is 12.3. The van der Waals surface area contributed by atoms with Crippen LogP contribution in [0.15, 0.2) is 24.3 Å². The van der Waals surface area contributed by atoms with Gasteiger partial charge in [-0.2, -0.15) is 5.26 Å². The molecule has 0 spiro atoms. The maximum Gasteiger partial charge on any atom is 0.314 e. The van der Waals surface area contributed by atoms with Gasteiger partial charge in [0.1, 0.15) is 5.92 Å². The third kappa shape index (κ3) is 5.19. The first-order valence-corrected chi connectivity index (χ1v) is 7.55. The lowest BCUT2D eigenvalue weighted by molar-refractivity contribution is -0.150. The Kier molecular flexibility index (Phi) is 6.92. The molecule has 1 rings (SSSR count). The molecule has 0 saturated carbocycles. The van der Waals surface area contributed by atoms with Gasteiger partial charge >= 0.3 is 5.97 Å². The lowest BCUT2D eigenvalue weighted by Gasteiger charge is -2.20. The van der Waals surface area contributed by atoms with E-state index >= 15 is 0 Å². The van der Waals surface area contributed by atoms with E-state index in [-0.39, 0.29) is 11.6 Å². The molecule has 1 aromatic carbocycles. The summed E-state index contributed by atoms with van der Waals surface area (Å²) in [7, 11) is 0. The molecule has 0 bridgehead atoms. The highest BCUT2D eigenvalue weighted by Gasteiger charge is 2.28. The summed E-state index contributed by atoms with van der Waals surface area (Å²) >= 11 is 5.85. The number of esters is 1. The van der Waals surface area contributed by atoms with Gasteiger partial charge < -0.3 is 10.1 Å². The molecule has 2 atom stereocenters. The third-order valence-electron chi connectivity index (χ3n) is 3.39. The molecule has 0 aliphatic heterocycles. The van der Waals surface area contributed by atoms with Gasteiger partial charge in [-0.1, -0.05) is 37.6 Å². The average molecular weight is 335 g/mol. The number of ether oxygens (including phenoxy) is 1. The SMILES string of the molecule is CC(=N)[C@H](C#N)C(=O)COC(=O)[C@H](c1ccc(Cl)cc1)C(C)C. The summed E-state index contributed by atoms with van der Waals surface area (Å²) in [5.41, 5.74) is 0.688. The van der Waals surface area contributed by atoms with Crippen molar-refractivity contribution in [1.29, 1.82) is 10.7 Å². The van der Waals surface area contributed by atoms with E-state index in [0.717, 1.165) is 5.56 Å². The van der Waals surface area contributed by atoms with Crippen LogP contribution in [0.25, 0.3) is 0 Å². The van der Waals surface area contributed by atoms with Gasteiger partial charge in [-0.25, -0.2) is 0 Å². The molecule has 0 radical (unpaired) electrons. The number of nitrogens with one attached hydrogen (secondary N) is 1. The van der Waals surface area contributed by atoms with Crippen molar-refractivity contribution in [3.8, 4) is 6.07 Å². The Morgan fingerprint density at radius 2 is 1.87 bits per heavy atom. The van der Waals surface area contributed by atoms with Gasteiger partial charge in [0.15, 0.2) is 12.4 Å². The Morgan fingerprint density at radius 3 is 2.30 bits per heavy atom. The number of carbonyl (C=O) groups excluding carboxylic acids is 2. The minimum absolute atomic E-state index is 0.0324. The van der Waals surface area contributed by atoms with Crippen LogP contribution in [-0.2, 0) is 14.3 Å². The zero-order valence-electron chi connectivity index (χ0n) is 13.3. The molecule has 5 nitrogen and oxygen atoms in total. The molecule has 1 aromatic rings. The number of Topliss-reactive ketones (excluding diaryl/α,β-unsaturated/α-hetero) is 1. The number of carbonyl (C=O) groups is 2. The van der Waals surface area contributed by atoms with Crippen molar-refractivity contribution in [1.82, 2.24) is 0 Å². The zero-order valence-corrected chi connectivity index (χ0v) is 14.1. The van der Waals surface area contributed by atoms with Crippen LogP contribution in [0.4, 0.5) is 0 Å². The summed E-state index contributed by atoms with van der Waals surface area (Å²) < 4.78 is 5.08. The molecule has 0 aliphatic carbocycles. The van der Waals surface area contributed by atoms with Gasteiger partial charge in [0.25, 0.3) is 0 Å². The molecule has 6 heteroatoms. The molecule has 23 heavy (non-hydrogen) atoms. The van der Waals surface area contributed by atoms with Gasteiger partial charge in [-0.3, -0.25) is 9.59 Å². The van der Waals surface area contributed by atoms with Crippen molar-refractivity contribution in [3.05, 3.63) is 34.9 Å². The molecular weight excluding hydrogens is 316 g/mol. The van der Waals surface area contributed by atoms with E-state index in [4.69, 9.17) is 27.0 Å². The quantitative estimate of drug-likeness (QED) is 0.611. The summed E-state index contributed by atoms with van der Waals surface area (Å²) in [5, 5.41) is 16.8. The van der Waals surface area contributed by atoms with E-state index in [2.05, 4.69) is 0 Å². The van der Waals surface area contributed by atoms with Crippen LogP contribution < -0.4 is 0 Å².